The van der Waals surface area contributed by atoms with Crippen LogP contribution in [-0.4, -0.2) is 49.7 Å². The highest BCUT2D eigenvalue weighted by atomic mass is 32.2. The molecule has 1 aliphatic rings. The van der Waals surface area contributed by atoms with Gasteiger partial charge in [-0.2, -0.15) is 4.31 Å². The number of furan rings is 1. The maximum absolute atomic E-state index is 12.6. The van der Waals surface area contributed by atoms with Gasteiger partial charge < -0.3 is 9.32 Å². The van der Waals surface area contributed by atoms with E-state index in [1.165, 1.54) is 15.6 Å². The smallest absolute Gasteiger partial charge is 0.289 e. The fourth-order valence-corrected chi connectivity index (χ4v) is 5.48. The molecule has 1 amide bonds. The Bertz CT molecular complexity index is 967. The maximum atomic E-state index is 12.6. The van der Waals surface area contributed by atoms with Crippen molar-refractivity contribution in [3.8, 4) is 0 Å². The fourth-order valence-electron chi connectivity index (χ4n) is 2.91. The van der Waals surface area contributed by atoms with Crippen molar-refractivity contribution < 1.29 is 17.6 Å². The average molecular weight is 376 g/mol. The molecule has 2 aromatic heterocycles. The molecule has 25 heavy (non-hydrogen) atoms. The molecule has 0 saturated carbocycles. The summed E-state index contributed by atoms with van der Waals surface area (Å²) in [5.41, 5.74) is 0.671. The predicted molar refractivity (Wildman–Crippen MR) is 95.2 cm³/mol. The zero-order valence-electron chi connectivity index (χ0n) is 13.3. The number of hydrogen-bond donors (Lipinski definition) is 0. The van der Waals surface area contributed by atoms with E-state index in [1.54, 1.807) is 28.5 Å². The first-order valence-electron chi connectivity index (χ1n) is 7.87. The number of amides is 1. The molecule has 1 aromatic carbocycles. The number of piperazine rings is 1. The Morgan fingerprint density at radius 1 is 1.04 bits per heavy atom. The van der Waals surface area contributed by atoms with Crippen molar-refractivity contribution in [2.45, 2.75) is 4.21 Å². The van der Waals surface area contributed by atoms with E-state index in [1.807, 2.05) is 24.3 Å². The van der Waals surface area contributed by atoms with Crippen LogP contribution in [0.4, 0.5) is 0 Å². The van der Waals surface area contributed by atoms with Crippen molar-refractivity contribution >= 4 is 38.2 Å². The third-order valence-electron chi connectivity index (χ3n) is 4.25. The van der Waals surface area contributed by atoms with Gasteiger partial charge in [-0.3, -0.25) is 4.79 Å². The van der Waals surface area contributed by atoms with E-state index >= 15 is 0 Å². The summed E-state index contributed by atoms with van der Waals surface area (Å²) in [4.78, 5) is 14.3. The summed E-state index contributed by atoms with van der Waals surface area (Å²) in [6.07, 6.45) is 0. The van der Waals surface area contributed by atoms with Gasteiger partial charge in [-0.15, -0.1) is 11.3 Å². The molecule has 4 rings (SSSR count). The zero-order chi connectivity index (χ0) is 17.4. The van der Waals surface area contributed by atoms with Crippen LogP contribution in [0, 0.1) is 0 Å². The van der Waals surface area contributed by atoms with Crippen LogP contribution in [0.5, 0.6) is 0 Å². The summed E-state index contributed by atoms with van der Waals surface area (Å²) in [5, 5.41) is 2.62. The van der Waals surface area contributed by atoms with Gasteiger partial charge in [0, 0.05) is 31.6 Å². The van der Waals surface area contributed by atoms with E-state index in [0.717, 1.165) is 5.39 Å². The maximum Gasteiger partial charge on any atom is 0.289 e. The quantitative estimate of drug-likeness (QED) is 0.705. The van der Waals surface area contributed by atoms with Gasteiger partial charge in [-0.25, -0.2) is 8.42 Å². The van der Waals surface area contributed by atoms with Crippen molar-refractivity contribution in [3.63, 3.8) is 0 Å². The monoisotopic (exact) mass is 376 g/mol. The van der Waals surface area contributed by atoms with Gasteiger partial charge in [0.05, 0.1) is 0 Å². The second-order valence-electron chi connectivity index (χ2n) is 5.78. The van der Waals surface area contributed by atoms with Crippen LogP contribution in [0.25, 0.3) is 11.0 Å². The van der Waals surface area contributed by atoms with E-state index in [2.05, 4.69) is 0 Å². The molecule has 6 nitrogen and oxygen atoms in total. The standard InChI is InChI=1S/C17H16N2O4S2/c20-17(15-12-13-4-1-2-5-14(13)23-15)18-7-9-19(10-8-18)25(21,22)16-6-3-11-24-16/h1-6,11-12H,7-10H2. The van der Waals surface area contributed by atoms with E-state index < -0.39 is 10.0 Å². The number of rotatable bonds is 3. The molecule has 1 aliphatic heterocycles. The Morgan fingerprint density at radius 2 is 1.80 bits per heavy atom. The number of fused-ring (bicyclic) bond motifs is 1. The number of benzene rings is 1. The van der Waals surface area contributed by atoms with Crippen molar-refractivity contribution in [1.82, 2.24) is 9.21 Å². The second kappa shape index (κ2) is 6.29. The molecule has 3 aromatic rings. The highest BCUT2D eigenvalue weighted by molar-refractivity contribution is 7.91. The largest absolute Gasteiger partial charge is 0.451 e. The van der Waals surface area contributed by atoms with E-state index in [0.29, 0.717) is 22.9 Å². The van der Waals surface area contributed by atoms with Crippen LogP contribution in [0.1, 0.15) is 10.6 Å². The molecule has 0 bridgehead atoms. The number of nitrogens with zero attached hydrogens (tertiary/aromatic N) is 2. The minimum Gasteiger partial charge on any atom is -0.451 e. The number of hydrogen-bond acceptors (Lipinski definition) is 5. The average Bonchev–Trinajstić information content (AvgIpc) is 3.31. The highest BCUT2D eigenvalue weighted by Crippen LogP contribution is 2.24. The van der Waals surface area contributed by atoms with Crippen LogP contribution in [0.3, 0.4) is 0 Å². The molecule has 0 unspecified atom stereocenters. The molecule has 0 spiro atoms. The zero-order valence-corrected chi connectivity index (χ0v) is 14.9. The number of sulfonamides is 1. The summed E-state index contributed by atoms with van der Waals surface area (Å²) >= 11 is 1.20. The van der Waals surface area contributed by atoms with Gasteiger partial charge >= 0.3 is 0 Å². The molecule has 1 fully saturated rings. The van der Waals surface area contributed by atoms with Crippen LogP contribution in [0.2, 0.25) is 0 Å². The summed E-state index contributed by atoms with van der Waals surface area (Å²) in [6, 6.07) is 12.5. The summed E-state index contributed by atoms with van der Waals surface area (Å²) < 4.78 is 32.4. The highest BCUT2D eigenvalue weighted by Gasteiger charge is 2.31. The van der Waals surface area contributed by atoms with Gasteiger partial charge in [0.25, 0.3) is 15.9 Å². The Hall–Kier alpha value is -2.16. The van der Waals surface area contributed by atoms with Crippen LogP contribution in [0.15, 0.2) is 56.5 Å². The van der Waals surface area contributed by atoms with E-state index in [9.17, 15) is 13.2 Å². The molecule has 0 radical (unpaired) electrons. The number of thiophene rings is 1. The number of para-hydroxylation sites is 1. The lowest BCUT2D eigenvalue weighted by atomic mass is 10.2. The third kappa shape index (κ3) is 2.97. The fraction of sp³-hybridized carbons (Fsp3) is 0.235. The van der Waals surface area contributed by atoms with E-state index in [4.69, 9.17) is 4.42 Å². The molecule has 8 heteroatoms. The summed E-state index contributed by atoms with van der Waals surface area (Å²) in [6.45, 7) is 1.26. The first-order valence-corrected chi connectivity index (χ1v) is 10.2. The topological polar surface area (TPSA) is 70.8 Å². The molecule has 0 aliphatic carbocycles. The first kappa shape index (κ1) is 16.3. The minimum atomic E-state index is -3.46. The van der Waals surface area contributed by atoms with Crippen LogP contribution >= 0.6 is 11.3 Å². The Labute approximate surface area is 149 Å². The third-order valence-corrected chi connectivity index (χ3v) is 7.52. The molecule has 3 heterocycles. The van der Waals surface area contributed by atoms with Gasteiger partial charge in [-0.1, -0.05) is 24.3 Å². The second-order valence-corrected chi connectivity index (χ2v) is 8.89. The van der Waals surface area contributed by atoms with Crippen LogP contribution in [-0.2, 0) is 10.0 Å². The van der Waals surface area contributed by atoms with Crippen molar-refractivity contribution in [2.24, 2.45) is 0 Å². The lowest BCUT2D eigenvalue weighted by Crippen LogP contribution is -2.50. The molecule has 1 saturated heterocycles. The molecular weight excluding hydrogens is 360 g/mol. The normalized spacial score (nSPS) is 16.4. The van der Waals surface area contributed by atoms with Crippen LogP contribution < -0.4 is 0 Å². The van der Waals surface area contributed by atoms with Gasteiger partial charge in [0.1, 0.15) is 9.79 Å². The lowest BCUT2D eigenvalue weighted by Gasteiger charge is -2.33. The molecule has 0 N–H and O–H groups in total. The van der Waals surface area contributed by atoms with Crippen molar-refractivity contribution in [2.75, 3.05) is 26.2 Å². The van der Waals surface area contributed by atoms with Gasteiger partial charge in [0.15, 0.2) is 5.76 Å². The minimum absolute atomic E-state index is 0.204. The van der Waals surface area contributed by atoms with E-state index in [-0.39, 0.29) is 24.8 Å². The number of carbonyl (C=O) groups is 1. The molecule has 0 atom stereocenters. The van der Waals surface area contributed by atoms with Crippen molar-refractivity contribution in [1.29, 1.82) is 0 Å². The molecule has 130 valence electrons. The van der Waals surface area contributed by atoms with Crippen molar-refractivity contribution in [3.05, 3.63) is 53.6 Å². The van der Waals surface area contributed by atoms with Gasteiger partial charge in [-0.05, 0) is 23.6 Å². The first-order chi connectivity index (χ1) is 12.1. The SMILES string of the molecule is O=C(c1cc2ccccc2o1)N1CCN(S(=O)(=O)c2cccs2)CC1. The summed E-state index contributed by atoms with van der Waals surface area (Å²) in [5.74, 6) is 0.0835. The lowest BCUT2D eigenvalue weighted by molar-refractivity contribution is 0.0668. The Kier molecular flexibility index (Phi) is 4.10. The predicted octanol–water partition coefficient (Wildman–Crippen LogP) is 2.64. The molecular formula is C17H16N2O4S2. The Morgan fingerprint density at radius 3 is 2.48 bits per heavy atom. The Balaban J connectivity index is 1.47. The summed E-state index contributed by atoms with van der Waals surface area (Å²) in [7, 11) is -3.46. The van der Waals surface area contributed by atoms with Gasteiger partial charge in [0.2, 0.25) is 0 Å². The number of carbonyl (C=O) groups excluding carboxylic acids is 1.